The molecule has 0 fully saturated rings. The van der Waals surface area contributed by atoms with Gasteiger partial charge in [0, 0.05) is 11.6 Å². The Morgan fingerprint density at radius 2 is 1.91 bits per heavy atom. The van der Waals surface area contributed by atoms with Crippen LogP contribution in [0.2, 0.25) is 0 Å². The number of aromatic amines is 1. The molecule has 0 saturated heterocycles. The quantitative estimate of drug-likeness (QED) is 0.710. The van der Waals surface area contributed by atoms with Crippen LogP contribution in [-0.2, 0) is 0 Å². The van der Waals surface area contributed by atoms with E-state index in [2.05, 4.69) is 9.97 Å². The molecule has 0 aliphatic rings. The van der Waals surface area contributed by atoms with Crippen LogP contribution in [0.1, 0.15) is 16.8 Å². The van der Waals surface area contributed by atoms with Crippen molar-refractivity contribution in [2.24, 2.45) is 0 Å². The van der Waals surface area contributed by atoms with E-state index in [1.54, 1.807) is 36.4 Å². The van der Waals surface area contributed by atoms with Crippen LogP contribution in [-0.4, -0.2) is 15.1 Å². The minimum Gasteiger partial charge on any atom is -0.507 e. The standard InChI is InChI=1S/C17H11N3O2/c18-10-11-5-7-12(8-6-11)16(21)9-15-17(22)20-14-4-2-1-3-13(14)19-15/h1-9,21H,(H,20,22)/b16-9-. The Kier molecular flexibility index (Phi) is 3.42. The van der Waals surface area contributed by atoms with E-state index in [1.165, 1.54) is 6.08 Å². The van der Waals surface area contributed by atoms with Gasteiger partial charge in [0.15, 0.2) is 0 Å². The van der Waals surface area contributed by atoms with Crippen molar-refractivity contribution in [2.45, 2.75) is 0 Å². The largest absolute Gasteiger partial charge is 0.507 e. The number of nitrogens with zero attached hydrogens (tertiary/aromatic N) is 2. The molecule has 2 N–H and O–H groups in total. The molecule has 0 bridgehead atoms. The van der Waals surface area contributed by atoms with Crippen LogP contribution < -0.4 is 5.56 Å². The molecule has 5 heteroatoms. The van der Waals surface area contributed by atoms with Gasteiger partial charge in [-0.3, -0.25) is 4.79 Å². The van der Waals surface area contributed by atoms with E-state index in [0.717, 1.165) is 0 Å². The molecule has 1 aromatic heterocycles. The number of H-pyrrole nitrogens is 1. The third-order valence-electron chi connectivity index (χ3n) is 3.21. The van der Waals surface area contributed by atoms with Crippen molar-refractivity contribution in [1.29, 1.82) is 5.26 Å². The van der Waals surface area contributed by atoms with E-state index >= 15 is 0 Å². The first-order valence-corrected chi connectivity index (χ1v) is 6.57. The summed E-state index contributed by atoms with van der Waals surface area (Å²) in [5.74, 6) is -0.0854. The lowest BCUT2D eigenvalue weighted by atomic mass is 10.1. The average Bonchev–Trinajstić information content (AvgIpc) is 2.55. The number of hydrogen-bond donors (Lipinski definition) is 2. The van der Waals surface area contributed by atoms with Crippen molar-refractivity contribution in [1.82, 2.24) is 9.97 Å². The van der Waals surface area contributed by atoms with Gasteiger partial charge in [0.05, 0.1) is 22.7 Å². The molecule has 0 spiro atoms. The van der Waals surface area contributed by atoms with Gasteiger partial charge in [0.1, 0.15) is 11.5 Å². The van der Waals surface area contributed by atoms with E-state index in [0.29, 0.717) is 22.2 Å². The fraction of sp³-hybridized carbons (Fsp3) is 0. The number of aliphatic hydroxyl groups excluding tert-OH is 1. The lowest BCUT2D eigenvalue weighted by Crippen LogP contribution is -2.12. The number of rotatable bonds is 2. The third kappa shape index (κ3) is 2.58. The molecule has 5 nitrogen and oxygen atoms in total. The molecule has 0 amide bonds. The second-order valence-electron chi connectivity index (χ2n) is 4.69. The number of para-hydroxylation sites is 2. The highest BCUT2D eigenvalue weighted by molar-refractivity contribution is 5.79. The first kappa shape index (κ1) is 13.6. The Hall–Kier alpha value is -3.39. The molecule has 0 unspecified atom stereocenters. The van der Waals surface area contributed by atoms with E-state index in [9.17, 15) is 9.90 Å². The molecular formula is C17H11N3O2. The van der Waals surface area contributed by atoms with Gasteiger partial charge in [-0.05, 0) is 36.4 Å². The fourth-order valence-corrected chi connectivity index (χ4v) is 2.07. The summed E-state index contributed by atoms with van der Waals surface area (Å²) in [5.41, 5.74) is 2.04. The Bertz CT molecular complexity index is 964. The van der Waals surface area contributed by atoms with Gasteiger partial charge in [-0.1, -0.05) is 12.1 Å². The molecule has 3 aromatic rings. The minimum atomic E-state index is -0.376. The van der Waals surface area contributed by atoms with E-state index < -0.39 is 0 Å². The summed E-state index contributed by atoms with van der Waals surface area (Å²) >= 11 is 0. The lowest BCUT2D eigenvalue weighted by molar-refractivity contribution is 0.515. The molecule has 0 atom stereocenters. The second kappa shape index (κ2) is 5.54. The first-order valence-electron chi connectivity index (χ1n) is 6.57. The van der Waals surface area contributed by atoms with Crippen LogP contribution in [0, 0.1) is 11.3 Å². The van der Waals surface area contributed by atoms with E-state index in [-0.39, 0.29) is 17.0 Å². The van der Waals surface area contributed by atoms with Crippen molar-refractivity contribution >= 4 is 22.9 Å². The van der Waals surface area contributed by atoms with Gasteiger partial charge in [0.2, 0.25) is 0 Å². The van der Waals surface area contributed by atoms with Crippen molar-refractivity contribution in [3.05, 3.63) is 75.7 Å². The molecule has 0 saturated carbocycles. The Labute approximate surface area is 125 Å². The summed E-state index contributed by atoms with van der Waals surface area (Å²) in [6.07, 6.45) is 1.31. The van der Waals surface area contributed by atoms with Gasteiger partial charge >= 0.3 is 0 Å². The highest BCUT2D eigenvalue weighted by atomic mass is 16.3. The SMILES string of the molecule is N#Cc1ccc(/C(O)=C/c2nc3ccccc3[nH]c2=O)cc1. The van der Waals surface area contributed by atoms with Crippen LogP contribution in [0.15, 0.2) is 53.3 Å². The van der Waals surface area contributed by atoms with Crippen molar-refractivity contribution in [2.75, 3.05) is 0 Å². The van der Waals surface area contributed by atoms with Gasteiger partial charge in [-0.2, -0.15) is 5.26 Å². The first-order chi connectivity index (χ1) is 10.7. The van der Waals surface area contributed by atoms with Gasteiger partial charge in [-0.25, -0.2) is 4.98 Å². The van der Waals surface area contributed by atoms with Gasteiger partial charge in [0.25, 0.3) is 5.56 Å². The molecule has 106 valence electrons. The highest BCUT2D eigenvalue weighted by Gasteiger charge is 2.05. The summed E-state index contributed by atoms with van der Waals surface area (Å²) in [6.45, 7) is 0. The monoisotopic (exact) mass is 289 g/mol. The summed E-state index contributed by atoms with van der Waals surface area (Å²) in [6, 6.07) is 15.6. The second-order valence-corrected chi connectivity index (χ2v) is 4.69. The van der Waals surface area contributed by atoms with E-state index in [4.69, 9.17) is 5.26 Å². The average molecular weight is 289 g/mol. The van der Waals surface area contributed by atoms with E-state index in [1.807, 2.05) is 18.2 Å². The minimum absolute atomic E-state index is 0.0854. The van der Waals surface area contributed by atoms with Crippen LogP contribution in [0.4, 0.5) is 0 Å². The molecule has 1 heterocycles. The molecule has 0 aliphatic heterocycles. The normalized spacial score (nSPS) is 11.3. The summed E-state index contributed by atoms with van der Waals surface area (Å²) in [5, 5.41) is 18.9. The predicted molar refractivity (Wildman–Crippen MR) is 84.0 cm³/mol. The number of aromatic nitrogens is 2. The molecule has 0 radical (unpaired) electrons. The fourth-order valence-electron chi connectivity index (χ4n) is 2.07. The zero-order chi connectivity index (χ0) is 15.5. The Balaban J connectivity index is 2.05. The summed E-state index contributed by atoms with van der Waals surface area (Å²) in [4.78, 5) is 18.9. The maximum atomic E-state index is 12.0. The molecule has 2 aromatic carbocycles. The number of nitrogens with one attached hydrogen (secondary N) is 1. The van der Waals surface area contributed by atoms with Crippen LogP contribution in [0.5, 0.6) is 0 Å². The maximum Gasteiger partial charge on any atom is 0.274 e. The van der Waals surface area contributed by atoms with Crippen molar-refractivity contribution in [3.63, 3.8) is 0 Å². The number of nitriles is 1. The Morgan fingerprint density at radius 1 is 1.18 bits per heavy atom. The number of fused-ring (bicyclic) bond motifs is 1. The zero-order valence-corrected chi connectivity index (χ0v) is 11.4. The van der Waals surface area contributed by atoms with Crippen LogP contribution in [0.3, 0.4) is 0 Å². The van der Waals surface area contributed by atoms with Crippen LogP contribution in [0.25, 0.3) is 22.9 Å². The van der Waals surface area contributed by atoms with Crippen LogP contribution >= 0.6 is 0 Å². The predicted octanol–water partition coefficient (Wildman–Crippen LogP) is 2.85. The Morgan fingerprint density at radius 3 is 2.64 bits per heavy atom. The molecule has 0 aliphatic carbocycles. The number of benzene rings is 2. The zero-order valence-electron chi connectivity index (χ0n) is 11.4. The number of hydrogen-bond acceptors (Lipinski definition) is 4. The third-order valence-corrected chi connectivity index (χ3v) is 3.21. The topological polar surface area (TPSA) is 89.8 Å². The number of aliphatic hydroxyl groups is 1. The molecule has 22 heavy (non-hydrogen) atoms. The lowest BCUT2D eigenvalue weighted by Gasteiger charge is -2.02. The maximum absolute atomic E-state index is 12.0. The van der Waals surface area contributed by atoms with Crippen molar-refractivity contribution < 1.29 is 5.11 Å². The molecule has 3 rings (SSSR count). The van der Waals surface area contributed by atoms with Gasteiger partial charge in [-0.15, -0.1) is 0 Å². The van der Waals surface area contributed by atoms with Crippen molar-refractivity contribution in [3.8, 4) is 6.07 Å². The highest BCUT2D eigenvalue weighted by Crippen LogP contribution is 2.15. The van der Waals surface area contributed by atoms with Gasteiger partial charge < -0.3 is 10.1 Å². The summed E-state index contributed by atoms with van der Waals surface area (Å²) in [7, 11) is 0. The smallest absolute Gasteiger partial charge is 0.274 e. The summed E-state index contributed by atoms with van der Waals surface area (Å²) < 4.78 is 0. The molecular weight excluding hydrogens is 278 g/mol.